The number of anilines is 2. The van der Waals surface area contributed by atoms with E-state index in [0.29, 0.717) is 0 Å². The summed E-state index contributed by atoms with van der Waals surface area (Å²) in [4.78, 5) is 2.11. The van der Waals surface area contributed by atoms with E-state index in [1.54, 1.807) is 0 Å². The van der Waals surface area contributed by atoms with E-state index in [1.807, 2.05) is 24.3 Å². The Morgan fingerprint density at radius 3 is 2.37 bits per heavy atom. The molecule has 0 fully saturated rings. The molecular weight excluding hydrogens is 256 g/mol. The summed E-state index contributed by atoms with van der Waals surface area (Å²) in [5.41, 5.74) is 3.55. The lowest BCUT2D eigenvalue weighted by molar-refractivity contribution is 0.883. The van der Waals surface area contributed by atoms with Crippen LogP contribution < -0.4 is 10.2 Å². The first-order chi connectivity index (χ1) is 9.06. The maximum atomic E-state index is 5.89. The van der Waals surface area contributed by atoms with E-state index in [2.05, 4.69) is 55.5 Å². The summed E-state index contributed by atoms with van der Waals surface area (Å²) in [6, 6.07) is 16.6. The lowest BCUT2D eigenvalue weighted by Gasteiger charge is -2.19. The number of nitrogens with zero attached hydrogens (tertiary/aromatic N) is 1. The molecule has 2 aromatic rings. The fourth-order valence-electron chi connectivity index (χ4n) is 1.95. The Balaban J connectivity index is 2.13. The van der Waals surface area contributed by atoms with Crippen molar-refractivity contribution in [2.24, 2.45) is 0 Å². The van der Waals surface area contributed by atoms with E-state index in [-0.39, 0.29) is 6.04 Å². The molecule has 0 heterocycles. The first kappa shape index (κ1) is 13.8. The van der Waals surface area contributed by atoms with Crippen molar-refractivity contribution in [3.05, 3.63) is 59.1 Å². The van der Waals surface area contributed by atoms with Crippen molar-refractivity contribution in [3.8, 4) is 0 Å². The number of benzene rings is 2. The van der Waals surface area contributed by atoms with Crippen LogP contribution >= 0.6 is 11.6 Å². The first-order valence-corrected chi connectivity index (χ1v) is 6.73. The Hall–Kier alpha value is -1.67. The third-order valence-corrected chi connectivity index (χ3v) is 3.37. The van der Waals surface area contributed by atoms with Crippen LogP contribution in [0.5, 0.6) is 0 Å². The number of halogens is 1. The van der Waals surface area contributed by atoms with Gasteiger partial charge < -0.3 is 10.2 Å². The molecule has 2 nitrogen and oxygen atoms in total. The Morgan fingerprint density at radius 1 is 1.05 bits per heavy atom. The third-order valence-electron chi connectivity index (χ3n) is 3.11. The van der Waals surface area contributed by atoms with Crippen LogP contribution in [0.1, 0.15) is 18.5 Å². The zero-order chi connectivity index (χ0) is 13.8. The monoisotopic (exact) mass is 274 g/mol. The standard InChI is InChI=1S/C16H19ClN2/c1-12(18-15-9-7-14(17)8-10-15)13-5-4-6-16(11-13)19(2)3/h4-12,18H,1-3H3. The minimum Gasteiger partial charge on any atom is -0.379 e. The van der Waals surface area contributed by atoms with Crippen LogP contribution in [0, 0.1) is 0 Å². The van der Waals surface area contributed by atoms with Crippen LogP contribution in [0.4, 0.5) is 11.4 Å². The van der Waals surface area contributed by atoms with Gasteiger partial charge in [0.2, 0.25) is 0 Å². The fraction of sp³-hybridized carbons (Fsp3) is 0.250. The number of hydrogen-bond donors (Lipinski definition) is 1. The van der Waals surface area contributed by atoms with E-state index < -0.39 is 0 Å². The summed E-state index contributed by atoms with van der Waals surface area (Å²) < 4.78 is 0. The molecular formula is C16H19ClN2. The van der Waals surface area contributed by atoms with Crippen LogP contribution in [-0.4, -0.2) is 14.1 Å². The molecule has 2 rings (SSSR count). The van der Waals surface area contributed by atoms with Crippen LogP contribution in [0.25, 0.3) is 0 Å². The highest BCUT2D eigenvalue weighted by molar-refractivity contribution is 6.30. The van der Waals surface area contributed by atoms with Gasteiger partial charge >= 0.3 is 0 Å². The lowest BCUT2D eigenvalue weighted by atomic mass is 10.1. The molecule has 0 bridgehead atoms. The number of rotatable bonds is 4. The van der Waals surface area contributed by atoms with Gasteiger partial charge in [0.25, 0.3) is 0 Å². The van der Waals surface area contributed by atoms with Gasteiger partial charge in [0.05, 0.1) is 0 Å². The normalized spacial score (nSPS) is 12.0. The summed E-state index contributed by atoms with van der Waals surface area (Å²) in [7, 11) is 4.10. The van der Waals surface area contributed by atoms with Crippen LogP contribution in [-0.2, 0) is 0 Å². The summed E-state index contributed by atoms with van der Waals surface area (Å²) in [6.45, 7) is 2.16. The second-order valence-corrected chi connectivity index (χ2v) is 5.30. The molecule has 0 radical (unpaired) electrons. The molecule has 0 spiro atoms. The van der Waals surface area contributed by atoms with E-state index in [4.69, 9.17) is 11.6 Å². The molecule has 2 aromatic carbocycles. The molecule has 0 aliphatic carbocycles. The summed E-state index contributed by atoms with van der Waals surface area (Å²) in [5.74, 6) is 0. The van der Waals surface area contributed by atoms with Crippen LogP contribution in [0.15, 0.2) is 48.5 Å². The van der Waals surface area contributed by atoms with Gasteiger partial charge in [-0.05, 0) is 48.9 Å². The number of hydrogen-bond acceptors (Lipinski definition) is 2. The predicted molar refractivity (Wildman–Crippen MR) is 84.3 cm³/mol. The molecule has 1 N–H and O–H groups in total. The van der Waals surface area contributed by atoms with Crippen molar-refractivity contribution in [3.63, 3.8) is 0 Å². The third kappa shape index (κ3) is 3.65. The smallest absolute Gasteiger partial charge is 0.0486 e. The van der Waals surface area contributed by atoms with Crippen molar-refractivity contribution < 1.29 is 0 Å². The molecule has 1 unspecified atom stereocenters. The second-order valence-electron chi connectivity index (χ2n) is 4.86. The van der Waals surface area contributed by atoms with Gasteiger partial charge in [-0.25, -0.2) is 0 Å². The van der Waals surface area contributed by atoms with Crippen LogP contribution in [0.2, 0.25) is 5.02 Å². The van der Waals surface area contributed by atoms with E-state index in [1.165, 1.54) is 11.3 Å². The van der Waals surface area contributed by atoms with Crippen molar-refractivity contribution in [2.75, 3.05) is 24.3 Å². The first-order valence-electron chi connectivity index (χ1n) is 6.35. The summed E-state index contributed by atoms with van der Waals surface area (Å²) in [6.07, 6.45) is 0. The van der Waals surface area contributed by atoms with Crippen molar-refractivity contribution >= 4 is 23.0 Å². The van der Waals surface area contributed by atoms with E-state index >= 15 is 0 Å². The average Bonchev–Trinajstić information content (AvgIpc) is 2.41. The van der Waals surface area contributed by atoms with E-state index in [0.717, 1.165) is 10.7 Å². The molecule has 1 atom stereocenters. The highest BCUT2D eigenvalue weighted by atomic mass is 35.5. The molecule has 0 saturated heterocycles. The number of nitrogens with one attached hydrogen (secondary N) is 1. The molecule has 0 aliphatic heterocycles. The lowest BCUT2D eigenvalue weighted by Crippen LogP contribution is -2.11. The van der Waals surface area contributed by atoms with Crippen molar-refractivity contribution in [2.45, 2.75) is 13.0 Å². The van der Waals surface area contributed by atoms with Gasteiger partial charge in [-0.1, -0.05) is 23.7 Å². The molecule has 0 aliphatic rings. The average molecular weight is 275 g/mol. The van der Waals surface area contributed by atoms with Crippen molar-refractivity contribution in [1.29, 1.82) is 0 Å². The highest BCUT2D eigenvalue weighted by Gasteiger charge is 2.06. The summed E-state index contributed by atoms with van der Waals surface area (Å²) in [5, 5.41) is 4.23. The van der Waals surface area contributed by atoms with E-state index in [9.17, 15) is 0 Å². The Labute approximate surface area is 120 Å². The quantitative estimate of drug-likeness (QED) is 0.878. The molecule has 0 aromatic heterocycles. The summed E-state index contributed by atoms with van der Waals surface area (Å²) >= 11 is 5.89. The maximum absolute atomic E-state index is 5.89. The Kier molecular flexibility index (Phi) is 4.33. The zero-order valence-corrected chi connectivity index (χ0v) is 12.3. The molecule has 3 heteroatoms. The molecule has 100 valence electrons. The van der Waals surface area contributed by atoms with Gasteiger partial charge in [0.15, 0.2) is 0 Å². The van der Waals surface area contributed by atoms with Gasteiger partial charge in [-0.15, -0.1) is 0 Å². The minimum absolute atomic E-state index is 0.251. The predicted octanol–water partition coefficient (Wildman–Crippen LogP) is 4.58. The minimum atomic E-state index is 0.251. The van der Waals surface area contributed by atoms with Gasteiger partial charge in [0.1, 0.15) is 0 Å². The fourth-order valence-corrected chi connectivity index (χ4v) is 2.08. The van der Waals surface area contributed by atoms with Gasteiger partial charge in [0, 0.05) is 36.5 Å². The maximum Gasteiger partial charge on any atom is 0.0486 e. The Bertz CT molecular complexity index is 535. The SMILES string of the molecule is CC(Nc1ccc(Cl)cc1)c1cccc(N(C)C)c1. The molecule has 0 amide bonds. The highest BCUT2D eigenvalue weighted by Crippen LogP contribution is 2.23. The van der Waals surface area contributed by atoms with Gasteiger partial charge in [-0.3, -0.25) is 0 Å². The van der Waals surface area contributed by atoms with Gasteiger partial charge in [-0.2, -0.15) is 0 Å². The molecule has 19 heavy (non-hydrogen) atoms. The van der Waals surface area contributed by atoms with Crippen molar-refractivity contribution in [1.82, 2.24) is 0 Å². The second kappa shape index (κ2) is 5.98. The zero-order valence-electron chi connectivity index (χ0n) is 11.5. The largest absolute Gasteiger partial charge is 0.379 e. The topological polar surface area (TPSA) is 15.3 Å². The molecule has 0 saturated carbocycles. The van der Waals surface area contributed by atoms with Crippen LogP contribution in [0.3, 0.4) is 0 Å². The Morgan fingerprint density at radius 2 is 1.74 bits per heavy atom.